The standard InChI is InChI=1S/C12H8BrFN2O2/c13-7-1-4-11(15-6-7)16-12(18)9-3-2-8(17)5-10(9)14/h1-6,17H,(H,15,16,18). The zero-order valence-electron chi connectivity index (χ0n) is 9.02. The number of carbonyl (C=O) groups excluding carboxylic acids is 1. The van der Waals surface area contributed by atoms with Crippen LogP contribution in [0.15, 0.2) is 41.0 Å². The van der Waals surface area contributed by atoms with E-state index < -0.39 is 11.7 Å². The average molecular weight is 311 g/mol. The second-order valence-electron chi connectivity index (χ2n) is 3.48. The minimum atomic E-state index is -0.787. The Morgan fingerprint density at radius 1 is 1.33 bits per heavy atom. The highest BCUT2D eigenvalue weighted by atomic mass is 79.9. The lowest BCUT2D eigenvalue weighted by Crippen LogP contribution is -2.14. The molecule has 0 aliphatic rings. The van der Waals surface area contributed by atoms with E-state index in [1.165, 1.54) is 18.3 Å². The monoisotopic (exact) mass is 310 g/mol. The van der Waals surface area contributed by atoms with E-state index in [0.717, 1.165) is 10.5 Å². The topological polar surface area (TPSA) is 62.2 Å². The molecule has 0 bridgehead atoms. The number of aromatic hydroxyl groups is 1. The van der Waals surface area contributed by atoms with Gasteiger partial charge in [0.15, 0.2) is 0 Å². The number of nitrogens with one attached hydrogen (secondary N) is 1. The number of carbonyl (C=O) groups is 1. The minimum absolute atomic E-state index is 0.155. The summed E-state index contributed by atoms with van der Waals surface area (Å²) in [6.07, 6.45) is 1.52. The predicted molar refractivity (Wildman–Crippen MR) is 68.0 cm³/mol. The molecule has 2 N–H and O–H groups in total. The number of anilines is 1. The number of pyridine rings is 1. The Morgan fingerprint density at radius 2 is 2.11 bits per heavy atom. The van der Waals surface area contributed by atoms with Gasteiger partial charge in [-0.1, -0.05) is 0 Å². The first-order chi connectivity index (χ1) is 8.56. The molecule has 2 aromatic rings. The Bertz CT molecular complexity index is 587. The maximum atomic E-state index is 13.4. The molecule has 1 aromatic heterocycles. The number of phenols is 1. The molecule has 1 aromatic carbocycles. The van der Waals surface area contributed by atoms with E-state index in [1.54, 1.807) is 12.1 Å². The van der Waals surface area contributed by atoms with E-state index in [1.807, 2.05) is 0 Å². The van der Waals surface area contributed by atoms with Gasteiger partial charge in [0.2, 0.25) is 0 Å². The van der Waals surface area contributed by atoms with Crippen LogP contribution >= 0.6 is 15.9 Å². The summed E-state index contributed by atoms with van der Waals surface area (Å²) in [5.41, 5.74) is -0.155. The highest BCUT2D eigenvalue weighted by molar-refractivity contribution is 9.10. The van der Waals surface area contributed by atoms with Crippen LogP contribution in [0.5, 0.6) is 5.75 Å². The molecule has 0 spiro atoms. The van der Waals surface area contributed by atoms with Crippen molar-refractivity contribution in [3.8, 4) is 5.75 Å². The highest BCUT2D eigenvalue weighted by Gasteiger charge is 2.12. The lowest BCUT2D eigenvalue weighted by Gasteiger charge is -2.05. The number of halogens is 2. The Labute approximate surface area is 111 Å². The van der Waals surface area contributed by atoms with E-state index >= 15 is 0 Å². The molecule has 0 atom stereocenters. The van der Waals surface area contributed by atoms with Gasteiger partial charge in [0, 0.05) is 16.7 Å². The minimum Gasteiger partial charge on any atom is -0.508 e. The Morgan fingerprint density at radius 3 is 2.72 bits per heavy atom. The number of nitrogens with zero attached hydrogens (tertiary/aromatic N) is 1. The number of hydrogen-bond donors (Lipinski definition) is 2. The van der Waals surface area contributed by atoms with Gasteiger partial charge in [0.05, 0.1) is 5.56 Å². The van der Waals surface area contributed by atoms with E-state index in [2.05, 4.69) is 26.2 Å². The number of benzene rings is 1. The first-order valence-electron chi connectivity index (χ1n) is 4.97. The molecule has 2 rings (SSSR count). The second kappa shape index (κ2) is 5.14. The van der Waals surface area contributed by atoms with Crippen LogP contribution in [0.2, 0.25) is 0 Å². The molecule has 0 saturated carbocycles. The molecule has 0 fully saturated rings. The van der Waals surface area contributed by atoms with Gasteiger partial charge in [0.1, 0.15) is 17.4 Å². The summed E-state index contributed by atoms with van der Waals surface area (Å²) < 4.78 is 14.2. The number of phenolic OH excluding ortho intramolecular Hbond substituents is 1. The van der Waals surface area contributed by atoms with Crippen LogP contribution in [-0.2, 0) is 0 Å². The van der Waals surface area contributed by atoms with Crippen LogP contribution in [-0.4, -0.2) is 16.0 Å². The van der Waals surface area contributed by atoms with Crippen LogP contribution in [0, 0.1) is 5.82 Å². The number of rotatable bonds is 2. The van der Waals surface area contributed by atoms with Gasteiger partial charge < -0.3 is 10.4 Å². The van der Waals surface area contributed by atoms with Gasteiger partial charge in [0.25, 0.3) is 5.91 Å². The van der Waals surface area contributed by atoms with Crippen molar-refractivity contribution < 1.29 is 14.3 Å². The van der Waals surface area contributed by atoms with Gasteiger partial charge in [-0.25, -0.2) is 9.37 Å². The van der Waals surface area contributed by atoms with E-state index in [4.69, 9.17) is 5.11 Å². The largest absolute Gasteiger partial charge is 0.508 e. The molecular formula is C12H8BrFN2O2. The van der Waals surface area contributed by atoms with Gasteiger partial charge in [-0.3, -0.25) is 4.79 Å². The third kappa shape index (κ3) is 2.84. The SMILES string of the molecule is O=C(Nc1ccc(Br)cn1)c1ccc(O)cc1F. The normalized spacial score (nSPS) is 10.1. The lowest BCUT2D eigenvalue weighted by atomic mass is 10.2. The molecule has 0 aliphatic carbocycles. The van der Waals surface area contributed by atoms with Gasteiger partial charge >= 0.3 is 0 Å². The molecule has 0 aliphatic heterocycles. The van der Waals surface area contributed by atoms with Crippen molar-refractivity contribution in [2.75, 3.05) is 5.32 Å². The predicted octanol–water partition coefficient (Wildman–Crippen LogP) is 2.94. The van der Waals surface area contributed by atoms with Crippen molar-refractivity contribution in [3.63, 3.8) is 0 Å². The summed E-state index contributed by atoms with van der Waals surface area (Å²) in [6, 6.07) is 6.62. The first-order valence-corrected chi connectivity index (χ1v) is 5.77. The van der Waals surface area contributed by atoms with Crippen molar-refractivity contribution in [2.24, 2.45) is 0 Å². The fourth-order valence-electron chi connectivity index (χ4n) is 1.32. The quantitative estimate of drug-likeness (QED) is 0.896. The average Bonchev–Trinajstić information content (AvgIpc) is 2.32. The third-order valence-electron chi connectivity index (χ3n) is 2.17. The number of hydrogen-bond acceptors (Lipinski definition) is 3. The summed E-state index contributed by atoms with van der Waals surface area (Å²) in [6.45, 7) is 0. The molecule has 0 radical (unpaired) electrons. The van der Waals surface area contributed by atoms with E-state index in [-0.39, 0.29) is 11.3 Å². The highest BCUT2D eigenvalue weighted by Crippen LogP contribution is 2.17. The van der Waals surface area contributed by atoms with Gasteiger partial charge in [-0.05, 0) is 40.2 Å². The van der Waals surface area contributed by atoms with Crippen molar-refractivity contribution >= 4 is 27.7 Å². The van der Waals surface area contributed by atoms with Crippen molar-refractivity contribution in [2.45, 2.75) is 0 Å². The maximum Gasteiger partial charge on any atom is 0.259 e. The zero-order valence-corrected chi connectivity index (χ0v) is 10.6. The second-order valence-corrected chi connectivity index (χ2v) is 4.40. The molecule has 0 saturated heterocycles. The zero-order chi connectivity index (χ0) is 13.1. The number of aromatic nitrogens is 1. The molecule has 4 nitrogen and oxygen atoms in total. The lowest BCUT2D eigenvalue weighted by molar-refractivity contribution is 0.102. The molecule has 1 heterocycles. The van der Waals surface area contributed by atoms with Gasteiger partial charge in [-0.2, -0.15) is 0 Å². The molecular weight excluding hydrogens is 303 g/mol. The van der Waals surface area contributed by atoms with Gasteiger partial charge in [-0.15, -0.1) is 0 Å². The van der Waals surface area contributed by atoms with Crippen LogP contribution in [0.25, 0.3) is 0 Å². The Kier molecular flexibility index (Phi) is 3.57. The Hall–Kier alpha value is -1.95. The molecule has 1 amide bonds. The first kappa shape index (κ1) is 12.5. The fraction of sp³-hybridized carbons (Fsp3) is 0. The maximum absolute atomic E-state index is 13.4. The van der Waals surface area contributed by atoms with Crippen LogP contribution in [0.4, 0.5) is 10.2 Å². The Balaban J connectivity index is 2.19. The van der Waals surface area contributed by atoms with E-state index in [9.17, 15) is 9.18 Å². The molecule has 6 heteroatoms. The summed E-state index contributed by atoms with van der Waals surface area (Å²) >= 11 is 3.21. The summed E-state index contributed by atoms with van der Waals surface area (Å²) in [5, 5.41) is 11.5. The van der Waals surface area contributed by atoms with Crippen molar-refractivity contribution in [1.29, 1.82) is 0 Å². The van der Waals surface area contributed by atoms with Crippen molar-refractivity contribution in [1.82, 2.24) is 4.98 Å². The smallest absolute Gasteiger partial charge is 0.259 e. The summed E-state index contributed by atoms with van der Waals surface area (Å²) in [5.74, 6) is -1.33. The summed E-state index contributed by atoms with van der Waals surface area (Å²) in [7, 11) is 0. The van der Waals surface area contributed by atoms with Crippen LogP contribution in [0.1, 0.15) is 10.4 Å². The molecule has 0 unspecified atom stereocenters. The van der Waals surface area contributed by atoms with E-state index in [0.29, 0.717) is 5.82 Å². The van der Waals surface area contributed by atoms with Crippen LogP contribution in [0.3, 0.4) is 0 Å². The fourth-order valence-corrected chi connectivity index (χ4v) is 1.56. The number of amides is 1. The summed E-state index contributed by atoms with van der Waals surface area (Å²) in [4.78, 5) is 15.7. The van der Waals surface area contributed by atoms with Crippen LogP contribution < -0.4 is 5.32 Å². The van der Waals surface area contributed by atoms with Crippen molar-refractivity contribution in [3.05, 3.63) is 52.4 Å². The molecule has 92 valence electrons. The molecule has 18 heavy (non-hydrogen) atoms. The third-order valence-corrected chi connectivity index (χ3v) is 2.64.